The fourth-order valence-electron chi connectivity index (χ4n) is 9.98. The van der Waals surface area contributed by atoms with E-state index in [1.54, 1.807) is 6.08 Å². The topological polar surface area (TPSA) is 138 Å². The minimum Gasteiger partial charge on any atom is -0.481 e. The van der Waals surface area contributed by atoms with E-state index in [1.807, 2.05) is 19.1 Å². The number of Topliss-reactive ketones (excluding diaryl/α,β-unsaturated/α-hetero) is 1. The first-order valence-corrected chi connectivity index (χ1v) is 14.2. The molecule has 0 aromatic rings. The van der Waals surface area contributed by atoms with Crippen LogP contribution in [0.2, 0.25) is 0 Å². The predicted molar refractivity (Wildman–Crippen MR) is 134 cm³/mol. The quantitative estimate of drug-likeness (QED) is 0.367. The van der Waals surface area contributed by atoms with Gasteiger partial charge in [-0.3, -0.25) is 19.2 Å². The van der Waals surface area contributed by atoms with Gasteiger partial charge < -0.3 is 20.1 Å². The zero-order valence-electron chi connectivity index (χ0n) is 22.1. The molecule has 0 aromatic carbocycles. The van der Waals surface area contributed by atoms with Crippen LogP contribution in [0.15, 0.2) is 23.8 Å². The van der Waals surface area contributed by atoms with Crippen molar-refractivity contribution >= 4 is 23.5 Å². The number of allylic oxidation sites excluding steroid dienone is 3. The molecule has 4 saturated carbocycles. The zero-order chi connectivity index (χ0) is 27.2. The third-order valence-electron chi connectivity index (χ3n) is 11.9. The average molecular weight is 527 g/mol. The Balaban J connectivity index is 1.19. The van der Waals surface area contributed by atoms with Crippen molar-refractivity contribution in [1.29, 1.82) is 0 Å². The summed E-state index contributed by atoms with van der Waals surface area (Å²) in [4.78, 5) is 50.4. The van der Waals surface area contributed by atoms with Gasteiger partial charge in [-0.2, -0.15) is 0 Å². The summed E-state index contributed by atoms with van der Waals surface area (Å²) < 4.78 is 5.41. The van der Waals surface area contributed by atoms with Crippen molar-refractivity contribution in [3.8, 4) is 0 Å². The van der Waals surface area contributed by atoms with Crippen molar-refractivity contribution in [3.05, 3.63) is 23.8 Å². The van der Waals surface area contributed by atoms with Gasteiger partial charge in [0.25, 0.3) is 0 Å². The van der Waals surface area contributed by atoms with E-state index in [0.717, 1.165) is 18.4 Å². The summed E-state index contributed by atoms with van der Waals surface area (Å²) >= 11 is 0. The molecule has 38 heavy (non-hydrogen) atoms. The van der Waals surface area contributed by atoms with E-state index in [-0.39, 0.29) is 53.6 Å². The Labute approximate surface area is 222 Å². The van der Waals surface area contributed by atoms with Gasteiger partial charge >= 0.3 is 11.9 Å². The lowest BCUT2D eigenvalue weighted by Gasteiger charge is -2.60. The monoisotopic (exact) mass is 526 g/mol. The van der Waals surface area contributed by atoms with E-state index in [1.165, 1.54) is 0 Å². The number of ether oxygens (including phenoxy) is 1. The van der Waals surface area contributed by atoms with Gasteiger partial charge in [-0.15, -0.1) is 0 Å². The number of ketones is 2. The molecule has 8 nitrogen and oxygen atoms in total. The molecule has 8 heteroatoms. The predicted octanol–water partition coefficient (Wildman–Crippen LogP) is 2.86. The fourth-order valence-corrected chi connectivity index (χ4v) is 9.98. The Morgan fingerprint density at radius 2 is 1.76 bits per heavy atom. The zero-order valence-corrected chi connectivity index (χ0v) is 22.1. The van der Waals surface area contributed by atoms with Gasteiger partial charge in [-0.25, -0.2) is 0 Å². The number of carboxylic acids is 1. The van der Waals surface area contributed by atoms with Crippen LogP contribution in [0.3, 0.4) is 0 Å². The summed E-state index contributed by atoms with van der Waals surface area (Å²) in [6.07, 6.45) is 9.31. The molecule has 2 bridgehead atoms. The van der Waals surface area contributed by atoms with Crippen LogP contribution < -0.4 is 0 Å². The molecule has 6 aliphatic carbocycles. The molecule has 0 saturated heterocycles. The Kier molecular flexibility index (Phi) is 5.86. The summed E-state index contributed by atoms with van der Waals surface area (Å²) in [7, 11) is 0. The lowest BCUT2D eigenvalue weighted by molar-refractivity contribution is -0.185. The number of aliphatic hydroxyl groups excluding tert-OH is 1. The Morgan fingerprint density at radius 3 is 2.47 bits per heavy atom. The molecule has 0 spiro atoms. The van der Waals surface area contributed by atoms with E-state index < -0.39 is 53.3 Å². The average Bonchev–Trinajstić information content (AvgIpc) is 3.55. The van der Waals surface area contributed by atoms with Gasteiger partial charge in [0.15, 0.2) is 12.4 Å². The van der Waals surface area contributed by atoms with Gasteiger partial charge in [-0.1, -0.05) is 31.6 Å². The molecule has 11 atom stereocenters. The molecule has 0 aliphatic heterocycles. The van der Waals surface area contributed by atoms with E-state index in [4.69, 9.17) is 4.74 Å². The van der Waals surface area contributed by atoms with Crippen LogP contribution in [-0.4, -0.2) is 57.1 Å². The standard InChI is InChI=1S/C30H38O8/c1-28-9-7-18(31)12-17(28)5-6-19-20-8-10-30(37,29(20,2)13-21(32)25(19)28)22(33)14-38-27(36)24-16-4-3-15(11-16)23(24)26(34)35/h3-4,12,15-16,19-21,23-25,32,37H,5-11,13-14H2,1-2H3,(H,34,35)/t15-,16-,19-,20-,21-,23-,24+,25+,28-,29-,30-/m0/s1. The molecule has 0 heterocycles. The number of hydrogen-bond acceptors (Lipinski definition) is 7. The van der Waals surface area contributed by atoms with Gasteiger partial charge in [0, 0.05) is 11.8 Å². The normalized spacial score (nSPS) is 48.6. The number of carboxylic acid groups (broad SMARTS) is 1. The molecule has 206 valence electrons. The Bertz CT molecular complexity index is 1150. The van der Waals surface area contributed by atoms with E-state index in [0.29, 0.717) is 25.7 Å². The molecule has 6 rings (SSSR count). The number of esters is 1. The molecule has 0 aromatic heterocycles. The summed E-state index contributed by atoms with van der Waals surface area (Å²) in [6, 6.07) is 0. The van der Waals surface area contributed by atoms with Crippen LogP contribution in [0, 0.1) is 52.3 Å². The molecule has 6 aliphatic rings. The Hall–Kier alpha value is -2.32. The number of aliphatic hydroxyl groups is 2. The van der Waals surface area contributed by atoms with Crippen molar-refractivity contribution in [2.24, 2.45) is 52.3 Å². The van der Waals surface area contributed by atoms with Crippen LogP contribution >= 0.6 is 0 Å². The largest absolute Gasteiger partial charge is 0.481 e. The maximum Gasteiger partial charge on any atom is 0.310 e. The summed E-state index contributed by atoms with van der Waals surface area (Å²) in [5.74, 6) is -4.09. The maximum atomic E-state index is 13.5. The molecular formula is C30H38O8. The van der Waals surface area contributed by atoms with Crippen LogP contribution in [0.4, 0.5) is 0 Å². The molecule has 3 N–H and O–H groups in total. The number of carbonyl (C=O) groups excluding carboxylic acids is 3. The van der Waals surface area contributed by atoms with E-state index >= 15 is 0 Å². The summed E-state index contributed by atoms with van der Waals surface area (Å²) in [6.45, 7) is 3.45. The van der Waals surface area contributed by atoms with Gasteiger partial charge in [-0.05, 0) is 86.0 Å². The minimum atomic E-state index is -1.73. The van der Waals surface area contributed by atoms with Crippen molar-refractivity contribution in [1.82, 2.24) is 0 Å². The Morgan fingerprint density at radius 1 is 1.05 bits per heavy atom. The number of aliphatic carboxylic acids is 1. The lowest BCUT2D eigenvalue weighted by Crippen LogP contribution is -2.62. The number of hydrogen-bond donors (Lipinski definition) is 3. The molecular weight excluding hydrogens is 488 g/mol. The third kappa shape index (κ3) is 3.41. The molecule has 0 amide bonds. The molecule has 0 radical (unpaired) electrons. The van der Waals surface area contributed by atoms with E-state index in [9.17, 15) is 34.5 Å². The second kappa shape index (κ2) is 8.59. The van der Waals surface area contributed by atoms with Crippen molar-refractivity contribution < 1.29 is 39.2 Å². The van der Waals surface area contributed by atoms with Crippen LogP contribution in [0.5, 0.6) is 0 Å². The van der Waals surface area contributed by atoms with Gasteiger partial charge in [0.1, 0.15) is 5.60 Å². The first-order valence-electron chi connectivity index (χ1n) is 14.2. The highest BCUT2D eigenvalue weighted by atomic mass is 16.5. The number of fused-ring (bicyclic) bond motifs is 7. The second-order valence-electron chi connectivity index (χ2n) is 13.3. The highest BCUT2D eigenvalue weighted by Gasteiger charge is 2.68. The summed E-state index contributed by atoms with van der Waals surface area (Å²) in [5.41, 5.74) is -1.72. The number of rotatable bonds is 5. The van der Waals surface area contributed by atoms with Crippen molar-refractivity contribution in [2.45, 2.75) is 76.9 Å². The second-order valence-corrected chi connectivity index (χ2v) is 13.3. The smallest absolute Gasteiger partial charge is 0.310 e. The maximum absolute atomic E-state index is 13.5. The van der Waals surface area contributed by atoms with Crippen LogP contribution in [-0.2, 0) is 23.9 Å². The van der Waals surface area contributed by atoms with Crippen LogP contribution in [0.1, 0.15) is 65.2 Å². The number of carbonyl (C=O) groups is 4. The van der Waals surface area contributed by atoms with Crippen LogP contribution in [0.25, 0.3) is 0 Å². The van der Waals surface area contributed by atoms with Crippen molar-refractivity contribution in [2.75, 3.05) is 6.61 Å². The van der Waals surface area contributed by atoms with Crippen molar-refractivity contribution in [3.63, 3.8) is 0 Å². The highest BCUT2D eigenvalue weighted by molar-refractivity contribution is 5.92. The first-order chi connectivity index (χ1) is 17.9. The van der Waals surface area contributed by atoms with Gasteiger partial charge in [0.05, 0.1) is 17.9 Å². The highest BCUT2D eigenvalue weighted by Crippen LogP contribution is 2.67. The SMILES string of the molecule is C[C@]12CCC(=O)C=C1CC[C@@H]1[C@@H]2[C@@H](O)C[C@@]2(C)[C@H]1CC[C@]2(O)C(=O)COC(=O)[C@H]1[C@@H](C(=O)O)[C@H]2C=C[C@H]1C2. The lowest BCUT2D eigenvalue weighted by atomic mass is 9.45. The molecule has 0 unspecified atom stereocenters. The first kappa shape index (κ1) is 25.9. The third-order valence-corrected chi connectivity index (χ3v) is 11.9. The summed E-state index contributed by atoms with van der Waals surface area (Å²) in [5, 5.41) is 33.0. The van der Waals surface area contributed by atoms with Gasteiger partial charge in [0.2, 0.25) is 5.78 Å². The molecule has 4 fully saturated rings. The van der Waals surface area contributed by atoms with E-state index in [2.05, 4.69) is 6.92 Å². The minimum absolute atomic E-state index is 0.0252. The fraction of sp³-hybridized carbons (Fsp3) is 0.733.